The lowest BCUT2D eigenvalue weighted by Crippen LogP contribution is -2.10. The molecule has 25 heavy (non-hydrogen) atoms. The fourth-order valence-electron chi connectivity index (χ4n) is 2.32. The molecule has 3 aromatic rings. The minimum atomic E-state index is -0.549. The van der Waals surface area contributed by atoms with Crippen molar-refractivity contribution in [2.45, 2.75) is 11.5 Å². The van der Waals surface area contributed by atoms with Crippen molar-refractivity contribution in [1.29, 1.82) is 0 Å². The first-order valence-electron chi connectivity index (χ1n) is 7.61. The monoisotopic (exact) mass is 355 g/mol. The Hall–Kier alpha value is -2.73. The highest BCUT2D eigenvalue weighted by molar-refractivity contribution is 7.98. The molecule has 6 heteroatoms. The summed E-state index contributed by atoms with van der Waals surface area (Å²) in [5.74, 6) is 0.445. The molecule has 1 aromatic carbocycles. The zero-order valence-electron chi connectivity index (χ0n) is 13.9. The van der Waals surface area contributed by atoms with Crippen LogP contribution in [0, 0.1) is 0 Å². The lowest BCUT2D eigenvalue weighted by Gasteiger charge is -2.14. The molecule has 0 aliphatic carbocycles. The molecule has 0 atom stereocenters. The normalized spacial score (nSPS) is 10.5. The van der Waals surface area contributed by atoms with Gasteiger partial charge in [0, 0.05) is 0 Å². The standard InChI is InChI=1S/C19H17NO4S/c1-22-19(21)17-18(24-12-13-7-4-3-5-8-13)16(25-2)11-14(20-17)15-9-6-10-23-15/h3-11H,12H2,1-2H3. The summed E-state index contributed by atoms with van der Waals surface area (Å²) in [5.41, 5.74) is 1.69. The first kappa shape index (κ1) is 17.1. The molecule has 128 valence electrons. The number of esters is 1. The minimum absolute atomic E-state index is 0.136. The van der Waals surface area contributed by atoms with E-state index in [9.17, 15) is 4.79 Å². The lowest BCUT2D eigenvalue weighted by molar-refractivity contribution is 0.0587. The predicted molar refractivity (Wildman–Crippen MR) is 95.8 cm³/mol. The number of hydrogen-bond donors (Lipinski definition) is 0. The van der Waals surface area contributed by atoms with E-state index in [0.717, 1.165) is 10.5 Å². The van der Waals surface area contributed by atoms with E-state index in [1.54, 1.807) is 18.4 Å². The van der Waals surface area contributed by atoms with Crippen molar-refractivity contribution in [3.8, 4) is 17.2 Å². The van der Waals surface area contributed by atoms with Gasteiger partial charge in [0.1, 0.15) is 12.3 Å². The number of benzene rings is 1. The van der Waals surface area contributed by atoms with Crippen LogP contribution in [-0.4, -0.2) is 24.3 Å². The van der Waals surface area contributed by atoms with E-state index in [0.29, 0.717) is 23.8 Å². The maximum absolute atomic E-state index is 12.2. The van der Waals surface area contributed by atoms with Crippen LogP contribution in [0.2, 0.25) is 0 Å². The number of methoxy groups -OCH3 is 1. The van der Waals surface area contributed by atoms with Gasteiger partial charge in [0.25, 0.3) is 0 Å². The largest absolute Gasteiger partial charge is 0.485 e. The van der Waals surface area contributed by atoms with Crippen LogP contribution in [0.4, 0.5) is 0 Å². The summed E-state index contributed by atoms with van der Waals surface area (Å²) in [6.45, 7) is 0.334. The first-order chi connectivity index (χ1) is 12.2. The minimum Gasteiger partial charge on any atom is -0.485 e. The van der Waals surface area contributed by atoms with Gasteiger partial charge in [0.15, 0.2) is 17.2 Å². The zero-order chi connectivity index (χ0) is 17.6. The smallest absolute Gasteiger partial charge is 0.360 e. The summed E-state index contributed by atoms with van der Waals surface area (Å²) in [7, 11) is 1.32. The molecule has 0 spiro atoms. The van der Waals surface area contributed by atoms with Crippen LogP contribution < -0.4 is 4.74 Å². The number of nitrogens with zero attached hydrogens (tertiary/aromatic N) is 1. The van der Waals surface area contributed by atoms with E-state index >= 15 is 0 Å². The number of rotatable bonds is 6. The molecule has 0 radical (unpaired) electrons. The summed E-state index contributed by atoms with van der Waals surface area (Å²) in [6.07, 6.45) is 3.48. The van der Waals surface area contributed by atoms with E-state index in [1.165, 1.54) is 18.9 Å². The SMILES string of the molecule is COC(=O)c1nc(-c2ccco2)cc(SC)c1OCc1ccccc1. The molecule has 0 fully saturated rings. The van der Waals surface area contributed by atoms with Gasteiger partial charge in [-0.25, -0.2) is 9.78 Å². The number of aromatic nitrogens is 1. The number of thioether (sulfide) groups is 1. The molecule has 0 saturated heterocycles. The fraction of sp³-hybridized carbons (Fsp3) is 0.158. The van der Waals surface area contributed by atoms with Crippen molar-refractivity contribution in [3.63, 3.8) is 0 Å². The Kier molecular flexibility index (Phi) is 5.40. The Bertz CT molecular complexity index is 847. The van der Waals surface area contributed by atoms with E-state index in [2.05, 4.69) is 4.98 Å². The summed E-state index contributed by atoms with van der Waals surface area (Å²) >= 11 is 1.47. The van der Waals surface area contributed by atoms with Gasteiger partial charge in [-0.3, -0.25) is 0 Å². The fourth-order valence-corrected chi connectivity index (χ4v) is 2.89. The molecule has 5 nitrogen and oxygen atoms in total. The molecule has 0 saturated carbocycles. The van der Waals surface area contributed by atoms with Gasteiger partial charge in [0.2, 0.25) is 0 Å². The number of furan rings is 1. The van der Waals surface area contributed by atoms with Crippen molar-refractivity contribution in [1.82, 2.24) is 4.98 Å². The van der Waals surface area contributed by atoms with Gasteiger partial charge in [-0.2, -0.15) is 0 Å². The number of carbonyl (C=O) groups is 1. The van der Waals surface area contributed by atoms with Gasteiger partial charge in [0.05, 0.1) is 18.3 Å². The topological polar surface area (TPSA) is 61.6 Å². The van der Waals surface area contributed by atoms with E-state index < -0.39 is 5.97 Å². The first-order valence-corrected chi connectivity index (χ1v) is 8.83. The third-order valence-electron chi connectivity index (χ3n) is 3.54. The number of ether oxygens (including phenoxy) is 2. The molecule has 0 aliphatic rings. The number of pyridine rings is 1. The van der Waals surface area contributed by atoms with Crippen molar-refractivity contribution < 1.29 is 18.7 Å². The van der Waals surface area contributed by atoms with Gasteiger partial charge in [-0.1, -0.05) is 30.3 Å². The molecule has 0 unspecified atom stereocenters. The molecule has 2 aromatic heterocycles. The molecular weight excluding hydrogens is 338 g/mol. The van der Waals surface area contributed by atoms with Crippen LogP contribution in [0.25, 0.3) is 11.5 Å². The van der Waals surface area contributed by atoms with Crippen molar-refractivity contribution in [2.24, 2.45) is 0 Å². The quantitative estimate of drug-likeness (QED) is 0.481. The summed E-state index contributed by atoms with van der Waals surface area (Å²) in [4.78, 5) is 17.4. The lowest BCUT2D eigenvalue weighted by atomic mass is 10.2. The number of hydrogen-bond acceptors (Lipinski definition) is 6. The van der Waals surface area contributed by atoms with Crippen LogP contribution in [0.15, 0.2) is 64.1 Å². The highest BCUT2D eigenvalue weighted by atomic mass is 32.2. The third-order valence-corrected chi connectivity index (χ3v) is 4.28. The summed E-state index contributed by atoms with van der Waals surface area (Å²) < 4.78 is 16.2. The molecule has 2 heterocycles. The van der Waals surface area contributed by atoms with Crippen LogP contribution in [0.3, 0.4) is 0 Å². The van der Waals surface area contributed by atoms with Crippen LogP contribution in [0.1, 0.15) is 16.1 Å². The molecule has 3 rings (SSSR count). The second-order valence-electron chi connectivity index (χ2n) is 5.13. The maximum atomic E-state index is 12.2. The van der Waals surface area contributed by atoms with Gasteiger partial charge < -0.3 is 13.9 Å². The Balaban J connectivity index is 2.01. The van der Waals surface area contributed by atoms with Gasteiger partial charge in [-0.15, -0.1) is 11.8 Å². The van der Waals surface area contributed by atoms with Crippen LogP contribution in [-0.2, 0) is 11.3 Å². The van der Waals surface area contributed by atoms with Crippen LogP contribution in [0.5, 0.6) is 5.75 Å². The molecule has 0 amide bonds. The third kappa shape index (κ3) is 3.85. The molecule has 0 aliphatic heterocycles. The summed E-state index contributed by atoms with van der Waals surface area (Å²) in [6, 6.07) is 15.1. The van der Waals surface area contributed by atoms with E-state index in [1.807, 2.05) is 42.7 Å². The number of carbonyl (C=O) groups excluding carboxylic acids is 1. The second-order valence-corrected chi connectivity index (χ2v) is 5.98. The highest BCUT2D eigenvalue weighted by Crippen LogP contribution is 2.35. The average Bonchev–Trinajstić information content (AvgIpc) is 3.20. The Labute approximate surface area is 150 Å². The average molecular weight is 355 g/mol. The molecule has 0 N–H and O–H groups in total. The van der Waals surface area contributed by atoms with E-state index in [-0.39, 0.29) is 5.69 Å². The summed E-state index contributed by atoms with van der Waals surface area (Å²) in [5, 5.41) is 0. The Morgan fingerprint density at radius 1 is 1.20 bits per heavy atom. The Morgan fingerprint density at radius 2 is 2.00 bits per heavy atom. The van der Waals surface area contributed by atoms with Gasteiger partial charge >= 0.3 is 5.97 Å². The molecular formula is C19H17NO4S. The molecule has 0 bridgehead atoms. The maximum Gasteiger partial charge on any atom is 0.360 e. The van der Waals surface area contributed by atoms with Gasteiger partial charge in [-0.05, 0) is 30.0 Å². The van der Waals surface area contributed by atoms with E-state index in [4.69, 9.17) is 13.9 Å². The van der Waals surface area contributed by atoms with Crippen molar-refractivity contribution in [3.05, 3.63) is 66.1 Å². The zero-order valence-corrected chi connectivity index (χ0v) is 14.7. The Morgan fingerprint density at radius 3 is 2.64 bits per heavy atom. The van der Waals surface area contributed by atoms with Crippen molar-refractivity contribution >= 4 is 17.7 Å². The predicted octanol–water partition coefficient (Wildman–Crippen LogP) is 4.43. The van der Waals surface area contributed by atoms with Crippen molar-refractivity contribution in [2.75, 3.05) is 13.4 Å². The second kappa shape index (κ2) is 7.90. The van der Waals surface area contributed by atoms with Crippen LogP contribution >= 0.6 is 11.8 Å². The highest BCUT2D eigenvalue weighted by Gasteiger charge is 2.22.